The van der Waals surface area contributed by atoms with E-state index in [0.29, 0.717) is 25.1 Å². The molecule has 1 heterocycles. The number of rotatable bonds is 13. The molecular weight excluding hydrogens is 625 g/mol. The molecule has 0 saturated carbocycles. The van der Waals surface area contributed by atoms with Gasteiger partial charge in [-0.3, -0.25) is 4.79 Å². The van der Waals surface area contributed by atoms with Crippen LogP contribution in [0, 0.1) is 0 Å². The number of carbonyl (C=O) groups excluding carboxylic acids is 3. The monoisotopic (exact) mass is 662 g/mol. The van der Waals surface area contributed by atoms with Crippen LogP contribution in [0.3, 0.4) is 0 Å². The van der Waals surface area contributed by atoms with Gasteiger partial charge in [-0.25, -0.2) is 19.3 Å². The Kier molecular flexibility index (Phi) is 12.6. The molecule has 42 heavy (non-hydrogen) atoms. The maximum Gasteiger partial charge on any atom is 0.408 e. The molecule has 3 N–H and O–H groups in total. The third kappa shape index (κ3) is 12.7. The van der Waals surface area contributed by atoms with Crippen LogP contribution < -0.4 is 16.0 Å². The van der Waals surface area contributed by atoms with Crippen LogP contribution in [-0.2, 0) is 27.2 Å². The number of alkyl halides is 3. The number of ether oxygens (including phenoxy) is 2. The molecule has 0 aliphatic heterocycles. The van der Waals surface area contributed by atoms with Crippen molar-refractivity contribution in [2.75, 3.05) is 13.2 Å². The summed E-state index contributed by atoms with van der Waals surface area (Å²) in [5, 5.41) is 11.7. The molecule has 0 saturated heterocycles. The Hall–Kier alpha value is -3.36. The van der Waals surface area contributed by atoms with Gasteiger partial charge in [0.15, 0.2) is 0 Å². The number of aromatic nitrogens is 3. The number of carbonyl (C=O) groups is 3. The van der Waals surface area contributed by atoms with E-state index in [0.717, 1.165) is 10.0 Å². The lowest BCUT2D eigenvalue weighted by Gasteiger charge is -2.29. The number of alkyl carbamates (subject to hydrolysis) is 2. The van der Waals surface area contributed by atoms with Gasteiger partial charge in [-0.2, -0.15) is 18.3 Å². The van der Waals surface area contributed by atoms with E-state index in [1.54, 1.807) is 34.6 Å². The van der Waals surface area contributed by atoms with Crippen molar-refractivity contribution in [3.05, 3.63) is 46.5 Å². The van der Waals surface area contributed by atoms with E-state index in [9.17, 15) is 27.6 Å². The SMILES string of the molecule is CC(C)(C)OC(=O)NC(C)(C)C(=O)NC(CCCc1ccccc1Br)c1ncnn1CCOC(=O)NCCC(F)(F)F. The van der Waals surface area contributed by atoms with Gasteiger partial charge in [-0.05, 0) is 65.5 Å². The second-order valence-corrected chi connectivity index (χ2v) is 11.9. The minimum atomic E-state index is -4.39. The van der Waals surface area contributed by atoms with E-state index < -0.39 is 54.4 Å². The van der Waals surface area contributed by atoms with Crippen molar-refractivity contribution < 1.29 is 37.0 Å². The number of halogens is 4. The minimum absolute atomic E-state index is 0.0399. The quantitative estimate of drug-likeness (QED) is 0.268. The lowest BCUT2D eigenvalue weighted by molar-refractivity contribution is -0.133. The van der Waals surface area contributed by atoms with Crippen LogP contribution in [0.4, 0.5) is 22.8 Å². The lowest BCUT2D eigenvalue weighted by Crippen LogP contribution is -2.56. The molecule has 0 spiro atoms. The Morgan fingerprint density at radius 3 is 2.40 bits per heavy atom. The molecule has 15 heteroatoms. The Bertz CT molecular complexity index is 1200. The van der Waals surface area contributed by atoms with Gasteiger partial charge in [-0.1, -0.05) is 34.1 Å². The number of nitrogens with zero attached hydrogens (tertiary/aromatic N) is 3. The normalized spacial score (nSPS) is 12.8. The molecule has 0 bridgehead atoms. The minimum Gasteiger partial charge on any atom is -0.448 e. The van der Waals surface area contributed by atoms with Gasteiger partial charge < -0.3 is 25.4 Å². The Morgan fingerprint density at radius 1 is 1.07 bits per heavy atom. The average molecular weight is 664 g/mol. The van der Waals surface area contributed by atoms with E-state index in [4.69, 9.17) is 9.47 Å². The topological polar surface area (TPSA) is 136 Å². The molecule has 1 unspecified atom stereocenters. The number of nitrogens with one attached hydrogen (secondary N) is 3. The van der Waals surface area contributed by atoms with E-state index in [2.05, 4.69) is 36.6 Å². The van der Waals surface area contributed by atoms with Crippen molar-refractivity contribution in [1.82, 2.24) is 30.7 Å². The summed E-state index contributed by atoms with van der Waals surface area (Å²) in [6.07, 6.45) is -4.22. The molecule has 0 radical (unpaired) electrons. The largest absolute Gasteiger partial charge is 0.448 e. The summed E-state index contributed by atoms with van der Waals surface area (Å²) in [5.41, 5.74) is -1.01. The van der Waals surface area contributed by atoms with Gasteiger partial charge in [-0.15, -0.1) is 0 Å². The van der Waals surface area contributed by atoms with E-state index in [-0.39, 0.29) is 13.2 Å². The maximum absolute atomic E-state index is 13.3. The standard InChI is InChI=1S/C27H38BrF3N6O5/c1-25(2,3)42-24(40)36-26(4,5)22(38)35-20(12-8-10-18-9-6-7-11-19(18)28)21-33-17-34-37(21)15-16-41-23(39)32-14-13-27(29,30)31/h6-7,9,11,17,20H,8,10,12-16H2,1-5H3,(H,32,39)(H,35,38)(H,36,40). The second-order valence-electron chi connectivity index (χ2n) is 11.0. The summed E-state index contributed by atoms with van der Waals surface area (Å²) < 4.78 is 49.5. The highest BCUT2D eigenvalue weighted by Gasteiger charge is 2.34. The molecule has 0 fully saturated rings. The number of benzene rings is 1. The molecule has 11 nitrogen and oxygen atoms in total. The first-order chi connectivity index (χ1) is 19.5. The highest BCUT2D eigenvalue weighted by Crippen LogP contribution is 2.23. The molecule has 2 rings (SSSR count). The highest BCUT2D eigenvalue weighted by atomic mass is 79.9. The van der Waals surface area contributed by atoms with E-state index in [1.807, 2.05) is 29.6 Å². The van der Waals surface area contributed by atoms with Crippen molar-refractivity contribution >= 4 is 34.0 Å². The van der Waals surface area contributed by atoms with E-state index >= 15 is 0 Å². The molecule has 234 valence electrons. The summed E-state index contributed by atoms with van der Waals surface area (Å²) in [7, 11) is 0. The van der Waals surface area contributed by atoms with Crippen LogP contribution in [0.25, 0.3) is 0 Å². The highest BCUT2D eigenvalue weighted by molar-refractivity contribution is 9.10. The van der Waals surface area contributed by atoms with Crippen molar-refractivity contribution in [3.8, 4) is 0 Å². The lowest BCUT2D eigenvalue weighted by atomic mass is 10.0. The van der Waals surface area contributed by atoms with Gasteiger partial charge >= 0.3 is 18.4 Å². The van der Waals surface area contributed by atoms with Gasteiger partial charge in [0.05, 0.1) is 19.0 Å². The van der Waals surface area contributed by atoms with Crippen LogP contribution in [-0.4, -0.2) is 63.3 Å². The number of hydrogen-bond donors (Lipinski definition) is 3. The zero-order valence-corrected chi connectivity index (χ0v) is 25.9. The summed E-state index contributed by atoms with van der Waals surface area (Å²) in [5.74, 6) is -0.112. The smallest absolute Gasteiger partial charge is 0.408 e. The fourth-order valence-electron chi connectivity index (χ4n) is 3.72. The first kappa shape index (κ1) is 34.8. The van der Waals surface area contributed by atoms with Crippen molar-refractivity contribution in [2.24, 2.45) is 0 Å². The summed E-state index contributed by atoms with van der Waals surface area (Å²) in [6.45, 7) is 7.46. The van der Waals surface area contributed by atoms with Crippen LogP contribution >= 0.6 is 15.9 Å². The molecule has 0 aliphatic carbocycles. The molecule has 1 atom stereocenters. The van der Waals surface area contributed by atoms with Gasteiger partial charge in [0.25, 0.3) is 0 Å². The van der Waals surface area contributed by atoms with Crippen LogP contribution in [0.5, 0.6) is 0 Å². The van der Waals surface area contributed by atoms with Gasteiger partial charge in [0, 0.05) is 11.0 Å². The third-order valence-electron chi connectivity index (χ3n) is 5.75. The van der Waals surface area contributed by atoms with Gasteiger partial charge in [0.1, 0.15) is 29.9 Å². The summed E-state index contributed by atoms with van der Waals surface area (Å²) in [6, 6.07) is 7.14. The van der Waals surface area contributed by atoms with Crippen molar-refractivity contribution in [2.45, 2.75) is 90.2 Å². The van der Waals surface area contributed by atoms with Gasteiger partial charge in [0.2, 0.25) is 5.91 Å². The maximum atomic E-state index is 13.3. The molecule has 1 aromatic heterocycles. The molecule has 1 aromatic carbocycles. The molecule has 3 amide bonds. The number of amides is 3. The van der Waals surface area contributed by atoms with Crippen molar-refractivity contribution in [1.29, 1.82) is 0 Å². The zero-order chi connectivity index (χ0) is 31.6. The first-order valence-electron chi connectivity index (χ1n) is 13.4. The first-order valence-corrected chi connectivity index (χ1v) is 14.2. The zero-order valence-electron chi connectivity index (χ0n) is 24.3. The Labute approximate surface area is 251 Å². The Balaban J connectivity index is 2.11. The predicted octanol–water partition coefficient (Wildman–Crippen LogP) is 5.20. The summed E-state index contributed by atoms with van der Waals surface area (Å²) >= 11 is 3.54. The third-order valence-corrected chi connectivity index (χ3v) is 6.53. The van der Waals surface area contributed by atoms with Crippen LogP contribution in [0.2, 0.25) is 0 Å². The number of hydrogen-bond acceptors (Lipinski definition) is 7. The molecular formula is C27H38BrF3N6O5. The van der Waals surface area contributed by atoms with E-state index in [1.165, 1.54) is 11.0 Å². The number of aryl methyl sites for hydroxylation is 1. The van der Waals surface area contributed by atoms with Crippen LogP contribution in [0.15, 0.2) is 35.1 Å². The van der Waals surface area contributed by atoms with Crippen LogP contribution in [0.1, 0.15) is 71.3 Å². The van der Waals surface area contributed by atoms with Crippen molar-refractivity contribution in [3.63, 3.8) is 0 Å². The fraction of sp³-hybridized carbons (Fsp3) is 0.593. The molecule has 0 aliphatic rings. The summed E-state index contributed by atoms with van der Waals surface area (Å²) in [4.78, 5) is 41.8. The fourth-order valence-corrected chi connectivity index (χ4v) is 4.20. The predicted molar refractivity (Wildman–Crippen MR) is 151 cm³/mol. The second kappa shape index (κ2) is 15.2. The average Bonchev–Trinajstić information content (AvgIpc) is 3.30. The Morgan fingerprint density at radius 2 is 1.76 bits per heavy atom. The molecule has 2 aromatic rings.